The minimum absolute atomic E-state index is 0.0439. The number of nitrogens with zero attached hydrogens (tertiary/aromatic N) is 2. The number of carbonyl (C=O) groups excluding carboxylic acids is 1. The molecule has 1 aliphatic rings. The van der Waals surface area contributed by atoms with Crippen molar-refractivity contribution in [2.45, 2.75) is 25.8 Å². The normalized spacial score (nSPS) is 22.1. The summed E-state index contributed by atoms with van der Waals surface area (Å²) >= 11 is 0. The van der Waals surface area contributed by atoms with Crippen LogP contribution in [0.15, 0.2) is 6.07 Å². The number of amides is 1. The summed E-state index contributed by atoms with van der Waals surface area (Å²) in [6.45, 7) is 2.68. The summed E-state index contributed by atoms with van der Waals surface area (Å²) in [4.78, 5) is 11.5. The summed E-state index contributed by atoms with van der Waals surface area (Å²) in [5.74, 6) is 0.517. The third-order valence-electron chi connectivity index (χ3n) is 2.49. The molecule has 0 radical (unpaired) electrons. The van der Waals surface area contributed by atoms with E-state index in [4.69, 9.17) is 5.73 Å². The van der Waals surface area contributed by atoms with Crippen LogP contribution in [0.25, 0.3) is 0 Å². The number of carbonyl (C=O) groups is 1. The number of nitrogen functional groups attached to an aromatic ring is 1. The smallest absolute Gasteiger partial charge is 0.244 e. The van der Waals surface area contributed by atoms with Gasteiger partial charge in [0.1, 0.15) is 11.9 Å². The molecule has 3 N–H and O–H groups in total. The molecule has 2 rings (SSSR count). The Morgan fingerprint density at radius 2 is 2.50 bits per heavy atom. The minimum atomic E-state index is -0.180. The van der Waals surface area contributed by atoms with Gasteiger partial charge in [0.2, 0.25) is 5.91 Å². The summed E-state index contributed by atoms with van der Waals surface area (Å²) < 4.78 is 1.71. The summed E-state index contributed by atoms with van der Waals surface area (Å²) in [5, 5.41) is 6.94. The van der Waals surface area contributed by atoms with Gasteiger partial charge in [-0.1, -0.05) is 0 Å². The predicted octanol–water partition coefficient (Wildman–Crippen LogP) is 0.225. The molecule has 1 aliphatic heterocycles. The average Bonchev–Trinajstić information content (AvgIpc) is 2.46. The number of aromatic nitrogens is 2. The Labute approximate surface area is 82.3 Å². The molecule has 76 valence electrons. The standard InChI is InChI=1S/C9H14N4O/c1-6-5-8(10)12-13(6)7-3-2-4-11-9(7)14/h5,7H,2-4H2,1H3,(H2,10,12)(H,11,14). The van der Waals surface area contributed by atoms with Crippen LogP contribution in [0.5, 0.6) is 0 Å². The van der Waals surface area contributed by atoms with Gasteiger partial charge in [-0.3, -0.25) is 9.48 Å². The molecule has 0 spiro atoms. The van der Waals surface area contributed by atoms with Gasteiger partial charge in [0.05, 0.1) is 0 Å². The van der Waals surface area contributed by atoms with Gasteiger partial charge in [-0.05, 0) is 19.8 Å². The Morgan fingerprint density at radius 1 is 1.71 bits per heavy atom. The maximum absolute atomic E-state index is 11.5. The largest absolute Gasteiger partial charge is 0.382 e. The lowest BCUT2D eigenvalue weighted by Crippen LogP contribution is -2.38. The maximum Gasteiger partial charge on any atom is 0.244 e. The number of aryl methyl sites for hydroxylation is 1. The lowest BCUT2D eigenvalue weighted by molar-refractivity contribution is -0.126. The first-order valence-electron chi connectivity index (χ1n) is 4.78. The van der Waals surface area contributed by atoms with Crippen LogP contribution in [0.4, 0.5) is 5.82 Å². The third-order valence-corrected chi connectivity index (χ3v) is 2.49. The predicted molar refractivity (Wildman–Crippen MR) is 52.7 cm³/mol. The minimum Gasteiger partial charge on any atom is -0.382 e. The van der Waals surface area contributed by atoms with E-state index in [0.29, 0.717) is 5.82 Å². The summed E-state index contributed by atoms with van der Waals surface area (Å²) in [5.41, 5.74) is 6.50. The fraction of sp³-hybridized carbons (Fsp3) is 0.556. The number of nitrogens with two attached hydrogens (primary N) is 1. The number of hydrogen-bond donors (Lipinski definition) is 2. The van der Waals surface area contributed by atoms with Crippen LogP contribution < -0.4 is 11.1 Å². The van der Waals surface area contributed by atoms with Crippen LogP contribution in [0.3, 0.4) is 0 Å². The van der Waals surface area contributed by atoms with Gasteiger partial charge in [-0.25, -0.2) is 0 Å². The number of rotatable bonds is 1. The van der Waals surface area contributed by atoms with Crippen molar-refractivity contribution in [3.63, 3.8) is 0 Å². The zero-order chi connectivity index (χ0) is 10.1. The first kappa shape index (κ1) is 9.05. The van der Waals surface area contributed by atoms with E-state index in [-0.39, 0.29) is 11.9 Å². The SMILES string of the molecule is Cc1cc(N)nn1C1CCCNC1=O. The van der Waals surface area contributed by atoms with Crippen molar-refractivity contribution in [3.8, 4) is 0 Å². The molecule has 0 bridgehead atoms. The molecule has 1 atom stereocenters. The van der Waals surface area contributed by atoms with Crippen molar-refractivity contribution in [2.24, 2.45) is 0 Å². The van der Waals surface area contributed by atoms with Crippen LogP contribution in [0.2, 0.25) is 0 Å². The van der Waals surface area contributed by atoms with E-state index >= 15 is 0 Å². The van der Waals surface area contributed by atoms with Gasteiger partial charge in [-0.15, -0.1) is 0 Å². The Kier molecular flexibility index (Phi) is 2.15. The molecule has 1 aromatic rings. The molecular formula is C9H14N4O. The van der Waals surface area contributed by atoms with Crippen molar-refractivity contribution < 1.29 is 4.79 Å². The van der Waals surface area contributed by atoms with E-state index in [1.165, 1.54) is 0 Å². The van der Waals surface area contributed by atoms with Gasteiger partial charge in [0.25, 0.3) is 0 Å². The summed E-state index contributed by atoms with van der Waals surface area (Å²) in [6, 6.07) is 1.60. The van der Waals surface area contributed by atoms with E-state index in [9.17, 15) is 4.79 Å². The van der Waals surface area contributed by atoms with Gasteiger partial charge in [-0.2, -0.15) is 5.10 Å². The molecule has 2 heterocycles. The van der Waals surface area contributed by atoms with Gasteiger partial charge < -0.3 is 11.1 Å². The highest BCUT2D eigenvalue weighted by molar-refractivity contribution is 5.80. The van der Waals surface area contributed by atoms with Gasteiger partial charge >= 0.3 is 0 Å². The van der Waals surface area contributed by atoms with Crippen molar-refractivity contribution in [1.82, 2.24) is 15.1 Å². The van der Waals surface area contributed by atoms with Crippen LogP contribution >= 0.6 is 0 Å². The molecule has 1 fully saturated rings. The first-order chi connectivity index (χ1) is 6.68. The van der Waals surface area contributed by atoms with E-state index in [1.807, 2.05) is 6.92 Å². The molecule has 0 aromatic carbocycles. The molecule has 0 saturated carbocycles. The topological polar surface area (TPSA) is 72.9 Å². The highest BCUT2D eigenvalue weighted by Gasteiger charge is 2.25. The van der Waals surface area contributed by atoms with E-state index in [0.717, 1.165) is 25.1 Å². The Balaban J connectivity index is 2.28. The fourth-order valence-corrected chi connectivity index (χ4v) is 1.82. The monoisotopic (exact) mass is 194 g/mol. The van der Waals surface area contributed by atoms with Crippen LogP contribution in [-0.2, 0) is 4.79 Å². The zero-order valence-electron chi connectivity index (χ0n) is 8.16. The zero-order valence-corrected chi connectivity index (χ0v) is 8.16. The van der Waals surface area contributed by atoms with Crippen molar-refractivity contribution in [1.29, 1.82) is 0 Å². The molecule has 1 aromatic heterocycles. The highest BCUT2D eigenvalue weighted by atomic mass is 16.2. The van der Waals surface area contributed by atoms with Gasteiger partial charge in [0, 0.05) is 18.3 Å². The second-order valence-corrected chi connectivity index (χ2v) is 3.60. The average molecular weight is 194 g/mol. The van der Waals surface area contributed by atoms with Crippen molar-refractivity contribution >= 4 is 11.7 Å². The van der Waals surface area contributed by atoms with Crippen LogP contribution in [0, 0.1) is 6.92 Å². The second-order valence-electron chi connectivity index (χ2n) is 3.60. The maximum atomic E-state index is 11.5. The van der Waals surface area contributed by atoms with Crippen molar-refractivity contribution in [3.05, 3.63) is 11.8 Å². The third kappa shape index (κ3) is 1.45. The fourth-order valence-electron chi connectivity index (χ4n) is 1.82. The number of hydrogen-bond acceptors (Lipinski definition) is 3. The molecule has 5 nitrogen and oxygen atoms in total. The molecule has 1 amide bonds. The van der Waals surface area contributed by atoms with E-state index < -0.39 is 0 Å². The Bertz CT molecular complexity index is 358. The highest BCUT2D eigenvalue weighted by Crippen LogP contribution is 2.20. The Hall–Kier alpha value is -1.52. The van der Waals surface area contributed by atoms with E-state index in [1.54, 1.807) is 10.7 Å². The summed E-state index contributed by atoms with van der Waals surface area (Å²) in [6.07, 6.45) is 1.84. The lowest BCUT2D eigenvalue weighted by Gasteiger charge is -2.22. The molecule has 1 unspecified atom stereocenters. The Morgan fingerprint density at radius 3 is 3.07 bits per heavy atom. The lowest BCUT2D eigenvalue weighted by atomic mass is 10.1. The van der Waals surface area contributed by atoms with Crippen molar-refractivity contribution in [2.75, 3.05) is 12.3 Å². The first-order valence-corrected chi connectivity index (χ1v) is 4.78. The molecule has 14 heavy (non-hydrogen) atoms. The van der Waals surface area contributed by atoms with Crippen LogP contribution in [0.1, 0.15) is 24.6 Å². The molecular weight excluding hydrogens is 180 g/mol. The van der Waals surface area contributed by atoms with E-state index in [2.05, 4.69) is 10.4 Å². The molecule has 5 heteroatoms. The van der Waals surface area contributed by atoms with Crippen LogP contribution in [-0.4, -0.2) is 22.2 Å². The quantitative estimate of drug-likeness (QED) is 0.672. The number of anilines is 1. The molecule has 1 saturated heterocycles. The number of piperidine rings is 1. The number of nitrogens with one attached hydrogen (secondary N) is 1. The summed E-state index contributed by atoms with van der Waals surface area (Å²) in [7, 11) is 0. The van der Waals surface area contributed by atoms with Gasteiger partial charge in [0.15, 0.2) is 0 Å². The molecule has 0 aliphatic carbocycles. The second kappa shape index (κ2) is 3.32.